The maximum absolute atomic E-state index is 9.92. The van der Waals surface area contributed by atoms with Crippen LogP contribution in [0.5, 0.6) is 0 Å². The predicted octanol–water partition coefficient (Wildman–Crippen LogP) is 0.375. The van der Waals surface area contributed by atoms with E-state index in [1.165, 1.54) is 11.5 Å². The maximum Gasteiger partial charge on any atom is 0.154 e. The molecule has 1 rings (SSSR count). The first-order valence-electron chi connectivity index (χ1n) is 2.38. The molecule has 0 bridgehead atoms. The SMILES string of the molecule is O=CC(O)c1ccsn1. The van der Waals surface area contributed by atoms with Gasteiger partial charge in [0.25, 0.3) is 0 Å². The molecule has 1 aromatic rings. The average molecular weight is 143 g/mol. The van der Waals surface area contributed by atoms with E-state index < -0.39 is 6.10 Å². The Labute approximate surface area is 56.1 Å². The van der Waals surface area contributed by atoms with Gasteiger partial charge in [0, 0.05) is 5.38 Å². The minimum atomic E-state index is -1.05. The zero-order valence-electron chi connectivity index (χ0n) is 4.52. The van der Waals surface area contributed by atoms with E-state index in [0.29, 0.717) is 12.0 Å². The van der Waals surface area contributed by atoms with Crippen molar-refractivity contribution in [2.45, 2.75) is 6.10 Å². The van der Waals surface area contributed by atoms with Gasteiger partial charge in [-0.25, -0.2) is 0 Å². The summed E-state index contributed by atoms with van der Waals surface area (Å²) in [4.78, 5) is 9.92. The lowest BCUT2D eigenvalue weighted by Crippen LogP contribution is -1.96. The van der Waals surface area contributed by atoms with Gasteiger partial charge in [-0.2, -0.15) is 4.37 Å². The molecule has 48 valence electrons. The fraction of sp³-hybridized carbons (Fsp3) is 0.200. The van der Waals surface area contributed by atoms with Crippen molar-refractivity contribution in [2.75, 3.05) is 0 Å². The molecule has 0 aromatic carbocycles. The number of aliphatic hydroxyl groups excluding tert-OH is 1. The standard InChI is InChI=1S/C5H5NO2S/c7-3-5(8)4-1-2-9-6-4/h1-3,5,8H. The van der Waals surface area contributed by atoms with Gasteiger partial charge in [-0.15, -0.1) is 0 Å². The van der Waals surface area contributed by atoms with E-state index in [2.05, 4.69) is 4.37 Å². The lowest BCUT2D eigenvalue weighted by Gasteiger charge is -1.92. The van der Waals surface area contributed by atoms with E-state index in [1.54, 1.807) is 11.4 Å². The first-order chi connectivity index (χ1) is 4.34. The van der Waals surface area contributed by atoms with Gasteiger partial charge in [0.05, 0.1) is 5.69 Å². The summed E-state index contributed by atoms with van der Waals surface area (Å²) in [5.74, 6) is 0. The second kappa shape index (κ2) is 2.70. The maximum atomic E-state index is 9.92. The number of nitrogens with zero attached hydrogens (tertiary/aromatic N) is 1. The molecule has 1 atom stereocenters. The molecule has 0 saturated carbocycles. The molecule has 1 unspecified atom stereocenters. The highest BCUT2D eigenvalue weighted by atomic mass is 32.1. The number of hydrogen-bond acceptors (Lipinski definition) is 4. The number of rotatable bonds is 2. The molecule has 0 saturated heterocycles. The Morgan fingerprint density at radius 2 is 2.67 bits per heavy atom. The molecule has 0 amide bonds. The summed E-state index contributed by atoms with van der Waals surface area (Å²) < 4.78 is 3.75. The number of aliphatic hydroxyl groups is 1. The fourth-order valence-electron chi connectivity index (χ4n) is 0.444. The Balaban J connectivity index is 2.76. The number of aldehydes is 1. The number of aromatic nitrogens is 1. The summed E-state index contributed by atoms with van der Waals surface area (Å²) in [5.41, 5.74) is 0.426. The second-order valence-corrected chi connectivity index (χ2v) is 2.17. The molecule has 1 heterocycles. The lowest BCUT2D eigenvalue weighted by molar-refractivity contribution is -0.115. The molecule has 0 aliphatic carbocycles. The van der Waals surface area contributed by atoms with Crippen LogP contribution in [0.1, 0.15) is 11.8 Å². The van der Waals surface area contributed by atoms with E-state index in [9.17, 15) is 4.79 Å². The van der Waals surface area contributed by atoms with Gasteiger partial charge in [0.1, 0.15) is 0 Å². The summed E-state index contributed by atoms with van der Waals surface area (Å²) in [6.45, 7) is 0. The molecular formula is C5H5NO2S. The van der Waals surface area contributed by atoms with Gasteiger partial charge in [-0.05, 0) is 17.6 Å². The van der Waals surface area contributed by atoms with E-state index >= 15 is 0 Å². The predicted molar refractivity (Wildman–Crippen MR) is 33.1 cm³/mol. The Morgan fingerprint density at radius 3 is 3.11 bits per heavy atom. The molecule has 0 spiro atoms. The van der Waals surface area contributed by atoms with Gasteiger partial charge >= 0.3 is 0 Å². The minimum Gasteiger partial charge on any atom is -0.379 e. The van der Waals surface area contributed by atoms with Gasteiger partial charge < -0.3 is 9.90 Å². The molecule has 0 fully saturated rings. The number of carbonyl (C=O) groups excluding carboxylic acids is 1. The first kappa shape index (κ1) is 6.38. The molecule has 3 nitrogen and oxygen atoms in total. The highest BCUT2D eigenvalue weighted by molar-refractivity contribution is 7.03. The zero-order valence-corrected chi connectivity index (χ0v) is 5.34. The summed E-state index contributed by atoms with van der Waals surface area (Å²) in [7, 11) is 0. The van der Waals surface area contributed by atoms with Crippen LogP contribution in [0.2, 0.25) is 0 Å². The highest BCUT2D eigenvalue weighted by Crippen LogP contribution is 2.08. The van der Waals surface area contributed by atoms with Crippen LogP contribution < -0.4 is 0 Å². The molecule has 1 N–H and O–H groups in total. The first-order valence-corrected chi connectivity index (χ1v) is 3.22. The monoisotopic (exact) mass is 143 g/mol. The van der Waals surface area contributed by atoms with Crippen molar-refractivity contribution in [1.29, 1.82) is 0 Å². The molecule has 0 radical (unpaired) electrons. The Hall–Kier alpha value is -0.740. The molecule has 9 heavy (non-hydrogen) atoms. The van der Waals surface area contributed by atoms with E-state index in [-0.39, 0.29) is 0 Å². The normalized spacial score (nSPS) is 13.0. The van der Waals surface area contributed by atoms with Crippen LogP contribution in [0, 0.1) is 0 Å². The molecule has 4 heteroatoms. The highest BCUT2D eigenvalue weighted by Gasteiger charge is 2.05. The second-order valence-electron chi connectivity index (χ2n) is 1.51. The van der Waals surface area contributed by atoms with Crippen LogP contribution in [0.3, 0.4) is 0 Å². The summed E-state index contributed by atoms with van der Waals surface area (Å²) in [6.07, 6.45) is -0.592. The Bertz CT molecular complexity index is 185. The zero-order chi connectivity index (χ0) is 6.69. The van der Waals surface area contributed by atoms with Crippen molar-refractivity contribution >= 4 is 17.8 Å². The van der Waals surface area contributed by atoms with Gasteiger partial charge in [-0.1, -0.05) is 0 Å². The van der Waals surface area contributed by atoms with Crippen LogP contribution in [-0.2, 0) is 4.79 Å². The van der Waals surface area contributed by atoms with E-state index in [4.69, 9.17) is 5.11 Å². The summed E-state index contributed by atoms with van der Waals surface area (Å²) in [6, 6.07) is 1.61. The summed E-state index contributed by atoms with van der Waals surface area (Å²) in [5, 5.41) is 10.5. The molecular weight excluding hydrogens is 138 g/mol. The van der Waals surface area contributed by atoms with E-state index in [1.807, 2.05) is 0 Å². The molecule has 0 aliphatic heterocycles. The Morgan fingerprint density at radius 1 is 1.89 bits per heavy atom. The van der Waals surface area contributed by atoms with Crippen molar-refractivity contribution in [3.63, 3.8) is 0 Å². The van der Waals surface area contributed by atoms with Crippen molar-refractivity contribution in [2.24, 2.45) is 0 Å². The fourth-order valence-corrected chi connectivity index (χ4v) is 0.996. The topological polar surface area (TPSA) is 50.2 Å². The van der Waals surface area contributed by atoms with Crippen molar-refractivity contribution in [3.05, 3.63) is 17.1 Å². The van der Waals surface area contributed by atoms with Gasteiger partial charge in [-0.3, -0.25) is 0 Å². The van der Waals surface area contributed by atoms with Crippen LogP contribution in [0.25, 0.3) is 0 Å². The number of carbonyl (C=O) groups is 1. The van der Waals surface area contributed by atoms with Crippen LogP contribution >= 0.6 is 11.5 Å². The smallest absolute Gasteiger partial charge is 0.154 e. The third-order valence-corrected chi connectivity index (χ3v) is 1.46. The van der Waals surface area contributed by atoms with Crippen LogP contribution in [0.15, 0.2) is 11.4 Å². The summed E-state index contributed by atoms with van der Waals surface area (Å²) >= 11 is 1.21. The van der Waals surface area contributed by atoms with E-state index in [0.717, 1.165) is 0 Å². The minimum absolute atomic E-state index is 0.426. The molecule has 1 aromatic heterocycles. The quantitative estimate of drug-likeness (QED) is 0.609. The van der Waals surface area contributed by atoms with Crippen LogP contribution in [-0.4, -0.2) is 15.8 Å². The number of hydrogen-bond donors (Lipinski definition) is 1. The third kappa shape index (κ3) is 1.34. The molecule has 0 aliphatic rings. The lowest BCUT2D eigenvalue weighted by atomic mass is 10.3. The largest absolute Gasteiger partial charge is 0.379 e. The van der Waals surface area contributed by atoms with Crippen molar-refractivity contribution in [1.82, 2.24) is 4.37 Å². The van der Waals surface area contributed by atoms with Crippen molar-refractivity contribution < 1.29 is 9.90 Å². The average Bonchev–Trinajstić information content (AvgIpc) is 2.37. The Kier molecular flexibility index (Phi) is 1.92. The third-order valence-electron chi connectivity index (χ3n) is 0.890. The van der Waals surface area contributed by atoms with Gasteiger partial charge in [0.15, 0.2) is 12.4 Å². The van der Waals surface area contributed by atoms with Crippen molar-refractivity contribution in [3.8, 4) is 0 Å². The van der Waals surface area contributed by atoms with Gasteiger partial charge in [0.2, 0.25) is 0 Å². The van der Waals surface area contributed by atoms with Crippen LogP contribution in [0.4, 0.5) is 0 Å².